The normalized spacial score (nSPS) is 14.6. The molecule has 0 aliphatic heterocycles. The summed E-state index contributed by atoms with van der Waals surface area (Å²) in [7, 11) is 0. The monoisotopic (exact) mass is 542 g/mol. The molecule has 0 unspecified atom stereocenters. The number of oxime groups is 3. The van der Waals surface area contributed by atoms with Crippen LogP contribution in [0, 0.1) is 0 Å². The minimum Gasteiger partial charge on any atom is -0.411 e. The van der Waals surface area contributed by atoms with Gasteiger partial charge in [0.2, 0.25) is 0 Å². The zero-order valence-corrected chi connectivity index (χ0v) is 23.1. The van der Waals surface area contributed by atoms with E-state index >= 15 is 0 Å². The molecule has 11 heteroatoms. The SMILES string of the molecule is C/C(=N\O)C(C)(C)NCCN(CCNC(C)(C)/C(C)=N/O)CCNC(C)(C)/C(C)=N/O.[99Tc]. The van der Waals surface area contributed by atoms with E-state index in [2.05, 4.69) is 36.3 Å². The third-order valence-corrected chi connectivity index (χ3v) is 6.15. The predicted molar refractivity (Wildman–Crippen MR) is 127 cm³/mol. The average molecular weight is 543 g/mol. The minimum atomic E-state index is -0.399. The molecule has 0 aliphatic rings. The van der Waals surface area contributed by atoms with E-state index in [1.807, 2.05) is 41.5 Å². The molecule has 0 heterocycles. The largest absolute Gasteiger partial charge is 0.411 e. The van der Waals surface area contributed by atoms with Gasteiger partial charge in [0.25, 0.3) is 0 Å². The van der Waals surface area contributed by atoms with Crippen molar-refractivity contribution in [3.05, 3.63) is 0 Å². The fourth-order valence-corrected chi connectivity index (χ4v) is 2.67. The van der Waals surface area contributed by atoms with Crippen LogP contribution >= 0.6 is 0 Å². The van der Waals surface area contributed by atoms with E-state index in [1.54, 1.807) is 20.8 Å². The standard InChI is InChI=1S/C21H45N7O3.Tc/c1-16(25-29)19(4,5)22-10-13-28(14-11-23-20(6,7)17(2)26-30)15-12-24-21(8,9)18(3)27-31;/h22-24,29-31H,10-15H2,1-9H3;/b25-16+,26-17+,27-18+;/i;1+1. The van der Waals surface area contributed by atoms with E-state index in [0.717, 1.165) is 39.3 Å². The molecule has 0 aliphatic carbocycles. The van der Waals surface area contributed by atoms with Crippen molar-refractivity contribution in [2.24, 2.45) is 15.5 Å². The van der Waals surface area contributed by atoms with E-state index < -0.39 is 16.6 Å². The van der Waals surface area contributed by atoms with E-state index in [4.69, 9.17) is 15.6 Å². The Bertz CT molecular complexity index is 549. The van der Waals surface area contributed by atoms with Crippen molar-refractivity contribution in [1.82, 2.24) is 20.9 Å². The van der Waals surface area contributed by atoms with Gasteiger partial charge in [-0.25, -0.2) is 0 Å². The average Bonchev–Trinajstić information content (AvgIpc) is 2.70. The van der Waals surface area contributed by atoms with Crippen LogP contribution in [-0.2, 0) is 20.1 Å². The van der Waals surface area contributed by atoms with Gasteiger partial charge in [-0.15, -0.1) is 0 Å². The Hall–Kier alpha value is -1.10. The second-order valence-corrected chi connectivity index (χ2v) is 9.55. The molecule has 0 atom stereocenters. The van der Waals surface area contributed by atoms with Gasteiger partial charge in [-0.2, -0.15) is 0 Å². The molecule has 189 valence electrons. The second kappa shape index (κ2) is 14.9. The Labute approximate surface area is 207 Å². The molecule has 1 radical (unpaired) electrons. The first-order valence-electron chi connectivity index (χ1n) is 10.8. The number of nitrogens with one attached hydrogen (secondary N) is 3. The Kier molecular flexibility index (Phi) is 15.4. The molecule has 0 rings (SSSR count). The van der Waals surface area contributed by atoms with Crippen molar-refractivity contribution in [3.63, 3.8) is 0 Å². The molecule has 0 saturated heterocycles. The zero-order valence-electron chi connectivity index (χ0n) is 21.3. The van der Waals surface area contributed by atoms with Crippen molar-refractivity contribution < 1.29 is 35.7 Å². The molecule has 0 bridgehead atoms. The molecule has 0 aromatic rings. The molecule has 0 aromatic carbocycles. The summed E-state index contributed by atoms with van der Waals surface area (Å²) in [5.41, 5.74) is 0.689. The van der Waals surface area contributed by atoms with Crippen LogP contribution in [0.15, 0.2) is 15.5 Å². The van der Waals surface area contributed by atoms with Gasteiger partial charge in [-0.3, -0.25) is 4.90 Å². The first-order chi connectivity index (χ1) is 14.2. The summed E-state index contributed by atoms with van der Waals surface area (Å²) in [6, 6.07) is 0. The second-order valence-electron chi connectivity index (χ2n) is 9.55. The Balaban J connectivity index is 0. The third-order valence-electron chi connectivity index (χ3n) is 6.15. The quantitative estimate of drug-likeness (QED) is 0.106. The maximum Gasteiger partial charge on any atom is 0.0734 e. The van der Waals surface area contributed by atoms with Crippen molar-refractivity contribution in [2.75, 3.05) is 39.3 Å². The van der Waals surface area contributed by atoms with Crippen molar-refractivity contribution in [3.8, 4) is 0 Å². The predicted octanol–water partition coefficient (Wildman–Crippen LogP) is 1.94. The first-order valence-corrected chi connectivity index (χ1v) is 10.8. The van der Waals surface area contributed by atoms with E-state index in [-0.39, 0.29) is 20.1 Å². The van der Waals surface area contributed by atoms with Crippen LogP contribution in [0.2, 0.25) is 0 Å². The van der Waals surface area contributed by atoms with Crippen LogP contribution in [0.1, 0.15) is 62.3 Å². The molecule has 6 N–H and O–H groups in total. The summed E-state index contributed by atoms with van der Waals surface area (Å²) in [6.07, 6.45) is 0. The molecule has 10 nitrogen and oxygen atoms in total. The van der Waals surface area contributed by atoms with Crippen LogP contribution in [0.25, 0.3) is 0 Å². The maximum absolute atomic E-state index is 9.06. The molecule has 32 heavy (non-hydrogen) atoms. The minimum absolute atomic E-state index is 0. The number of rotatable bonds is 15. The van der Waals surface area contributed by atoms with Crippen LogP contribution in [0.3, 0.4) is 0 Å². The Morgan fingerprint density at radius 1 is 0.594 bits per heavy atom. The zero-order chi connectivity index (χ0) is 24.3. The van der Waals surface area contributed by atoms with Gasteiger partial charge in [-0.05, 0) is 62.3 Å². The molecular formula is C21H45N7O3Tc. The van der Waals surface area contributed by atoms with Gasteiger partial charge in [0.15, 0.2) is 0 Å². The van der Waals surface area contributed by atoms with Crippen molar-refractivity contribution >= 4 is 17.1 Å². The number of hydrogen-bond donors (Lipinski definition) is 6. The first kappa shape index (κ1) is 33.1. The van der Waals surface area contributed by atoms with Crippen LogP contribution in [0.5, 0.6) is 0 Å². The summed E-state index contributed by atoms with van der Waals surface area (Å²) in [5.74, 6) is 0. The van der Waals surface area contributed by atoms with E-state index in [0.29, 0.717) is 17.1 Å². The summed E-state index contributed by atoms with van der Waals surface area (Å²) >= 11 is 0. The van der Waals surface area contributed by atoms with Gasteiger partial charge >= 0.3 is 0 Å². The third kappa shape index (κ3) is 11.7. The Morgan fingerprint density at radius 2 is 0.812 bits per heavy atom. The molecule has 0 fully saturated rings. The maximum atomic E-state index is 9.06. The van der Waals surface area contributed by atoms with E-state index in [1.165, 1.54) is 0 Å². The topological polar surface area (TPSA) is 137 Å². The van der Waals surface area contributed by atoms with E-state index in [9.17, 15) is 0 Å². The van der Waals surface area contributed by atoms with Gasteiger partial charge in [-0.1, -0.05) is 15.5 Å². The molecule has 0 saturated carbocycles. The van der Waals surface area contributed by atoms with Gasteiger partial charge in [0.1, 0.15) is 0 Å². The summed E-state index contributed by atoms with van der Waals surface area (Å²) in [4.78, 5) is 2.32. The summed E-state index contributed by atoms with van der Waals surface area (Å²) in [5, 5.41) is 47.4. The fraction of sp³-hybridized carbons (Fsp3) is 0.857. The summed E-state index contributed by atoms with van der Waals surface area (Å²) < 4.78 is 0. The van der Waals surface area contributed by atoms with Crippen LogP contribution < -0.4 is 16.0 Å². The summed E-state index contributed by atoms with van der Waals surface area (Å²) in [6.45, 7) is 21.8. The fourth-order valence-electron chi connectivity index (χ4n) is 2.67. The van der Waals surface area contributed by atoms with Crippen molar-refractivity contribution in [1.29, 1.82) is 0 Å². The number of hydrogen-bond acceptors (Lipinski definition) is 10. The van der Waals surface area contributed by atoms with Gasteiger partial charge in [0.05, 0.1) is 33.8 Å². The molecule has 0 spiro atoms. The Morgan fingerprint density at radius 3 is 1.00 bits per heavy atom. The number of nitrogens with zero attached hydrogens (tertiary/aromatic N) is 4. The molecular weight excluding hydrogens is 497 g/mol. The van der Waals surface area contributed by atoms with Gasteiger partial charge in [0, 0.05) is 59.4 Å². The molecule has 0 amide bonds. The smallest absolute Gasteiger partial charge is 0.0734 e. The van der Waals surface area contributed by atoms with Crippen LogP contribution in [0.4, 0.5) is 0 Å². The molecule has 0 aromatic heterocycles. The van der Waals surface area contributed by atoms with Crippen LogP contribution in [-0.4, -0.2) is 93.5 Å². The van der Waals surface area contributed by atoms with Gasteiger partial charge < -0.3 is 31.6 Å². The van der Waals surface area contributed by atoms with Crippen molar-refractivity contribution in [2.45, 2.75) is 78.9 Å².